The molecule has 1 aliphatic rings. The van der Waals surface area contributed by atoms with Gasteiger partial charge in [-0.1, -0.05) is 18.2 Å². The molecular weight excluding hydrogens is 320 g/mol. The smallest absolute Gasteiger partial charge is 0.0995 e. The number of pyridine rings is 2. The standard InChI is InChI=1S/C22H20N4/c23-14-19-3-1-2-4-20(19)15-26-12-8-21(16-26)18-7-11-25-22(13-18)17-5-9-24-10-6-17/h1-7,9-11,13,21H,8,12,15-16H2/t21-/m1/s1. The van der Waals surface area contributed by atoms with Gasteiger partial charge in [0.1, 0.15) is 0 Å². The highest BCUT2D eigenvalue weighted by atomic mass is 15.1. The molecule has 0 saturated carbocycles. The summed E-state index contributed by atoms with van der Waals surface area (Å²) < 4.78 is 0. The highest BCUT2D eigenvalue weighted by molar-refractivity contribution is 5.59. The molecule has 3 aromatic rings. The van der Waals surface area contributed by atoms with Crippen LogP contribution in [0.5, 0.6) is 0 Å². The van der Waals surface area contributed by atoms with E-state index in [0.717, 1.165) is 48.4 Å². The molecule has 0 aliphatic carbocycles. The summed E-state index contributed by atoms with van der Waals surface area (Å²) in [5, 5.41) is 9.28. The molecule has 128 valence electrons. The van der Waals surface area contributed by atoms with E-state index in [1.807, 2.05) is 36.5 Å². The van der Waals surface area contributed by atoms with Gasteiger partial charge in [0.15, 0.2) is 0 Å². The van der Waals surface area contributed by atoms with Crippen molar-refractivity contribution in [1.29, 1.82) is 5.26 Å². The Bertz CT molecular complexity index is 930. The molecule has 4 nitrogen and oxygen atoms in total. The Morgan fingerprint density at radius 1 is 1.08 bits per heavy atom. The van der Waals surface area contributed by atoms with E-state index in [0.29, 0.717) is 5.92 Å². The maximum absolute atomic E-state index is 9.28. The Labute approximate surface area is 153 Å². The van der Waals surface area contributed by atoms with E-state index >= 15 is 0 Å². The normalized spacial score (nSPS) is 17.1. The number of rotatable bonds is 4. The molecule has 1 aromatic carbocycles. The molecule has 1 fully saturated rings. The summed E-state index contributed by atoms with van der Waals surface area (Å²) in [4.78, 5) is 11.0. The summed E-state index contributed by atoms with van der Waals surface area (Å²) >= 11 is 0. The number of nitriles is 1. The Hall–Kier alpha value is -3.03. The van der Waals surface area contributed by atoms with E-state index in [-0.39, 0.29) is 0 Å². The maximum atomic E-state index is 9.28. The second-order valence-electron chi connectivity index (χ2n) is 6.70. The first kappa shape index (κ1) is 16.4. The predicted molar refractivity (Wildman–Crippen MR) is 101 cm³/mol. The van der Waals surface area contributed by atoms with Gasteiger partial charge in [0.25, 0.3) is 0 Å². The van der Waals surface area contributed by atoms with E-state index in [2.05, 4.69) is 39.1 Å². The van der Waals surface area contributed by atoms with Gasteiger partial charge in [-0.25, -0.2) is 0 Å². The third-order valence-corrected chi connectivity index (χ3v) is 5.04. The van der Waals surface area contributed by atoms with Crippen molar-refractivity contribution in [3.63, 3.8) is 0 Å². The van der Waals surface area contributed by atoms with Gasteiger partial charge in [0.05, 0.1) is 17.3 Å². The summed E-state index contributed by atoms with van der Waals surface area (Å²) in [5.41, 5.74) is 5.32. The molecule has 0 N–H and O–H groups in total. The Morgan fingerprint density at radius 3 is 2.77 bits per heavy atom. The minimum absolute atomic E-state index is 0.507. The van der Waals surface area contributed by atoms with Crippen LogP contribution < -0.4 is 0 Å². The molecule has 0 amide bonds. The molecule has 4 heteroatoms. The van der Waals surface area contributed by atoms with Crippen molar-refractivity contribution in [2.24, 2.45) is 0 Å². The van der Waals surface area contributed by atoms with Gasteiger partial charge in [-0.05, 0) is 60.3 Å². The Morgan fingerprint density at radius 2 is 1.92 bits per heavy atom. The van der Waals surface area contributed by atoms with E-state index in [4.69, 9.17) is 0 Å². The van der Waals surface area contributed by atoms with E-state index in [1.54, 1.807) is 12.4 Å². The van der Waals surface area contributed by atoms with E-state index in [1.165, 1.54) is 5.56 Å². The van der Waals surface area contributed by atoms with Crippen LogP contribution in [0.1, 0.15) is 29.0 Å². The molecule has 1 saturated heterocycles. The van der Waals surface area contributed by atoms with Crippen molar-refractivity contribution in [2.45, 2.75) is 18.9 Å². The summed E-state index contributed by atoms with van der Waals surface area (Å²) in [6.07, 6.45) is 6.63. The van der Waals surface area contributed by atoms with Crippen LogP contribution >= 0.6 is 0 Å². The fraction of sp³-hybridized carbons (Fsp3) is 0.227. The van der Waals surface area contributed by atoms with Crippen LogP contribution in [0.15, 0.2) is 67.1 Å². The van der Waals surface area contributed by atoms with E-state index in [9.17, 15) is 5.26 Å². The first-order valence-corrected chi connectivity index (χ1v) is 8.90. The van der Waals surface area contributed by atoms with Crippen LogP contribution in [0, 0.1) is 11.3 Å². The molecule has 1 atom stereocenters. The van der Waals surface area contributed by atoms with E-state index < -0.39 is 0 Å². The Kier molecular flexibility index (Phi) is 4.72. The first-order chi connectivity index (χ1) is 12.8. The maximum Gasteiger partial charge on any atom is 0.0995 e. The lowest BCUT2D eigenvalue weighted by Crippen LogP contribution is -2.20. The molecular formula is C22H20N4. The topological polar surface area (TPSA) is 52.8 Å². The van der Waals surface area contributed by atoms with Crippen molar-refractivity contribution in [2.75, 3.05) is 13.1 Å². The molecule has 2 aromatic heterocycles. The number of hydrogen-bond donors (Lipinski definition) is 0. The summed E-state index contributed by atoms with van der Waals surface area (Å²) in [7, 11) is 0. The quantitative estimate of drug-likeness (QED) is 0.720. The van der Waals surface area contributed by atoms with Crippen LogP contribution in [0.3, 0.4) is 0 Å². The number of hydrogen-bond acceptors (Lipinski definition) is 4. The average molecular weight is 340 g/mol. The molecule has 0 radical (unpaired) electrons. The largest absolute Gasteiger partial charge is 0.298 e. The highest BCUT2D eigenvalue weighted by Crippen LogP contribution is 2.30. The number of aromatic nitrogens is 2. The van der Waals surface area contributed by atoms with Gasteiger partial charge >= 0.3 is 0 Å². The summed E-state index contributed by atoms with van der Waals surface area (Å²) in [6.45, 7) is 2.90. The van der Waals surface area contributed by atoms with Crippen molar-refractivity contribution in [3.8, 4) is 17.3 Å². The lowest BCUT2D eigenvalue weighted by molar-refractivity contribution is 0.326. The molecule has 0 bridgehead atoms. The number of nitrogens with zero attached hydrogens (tertiary/aromatic N) is 4. The SMILES string of the molecule is N#Cc1ccccc1CN1CC[C@@H](c2ccnc(-c3ccncc3)c2)C1. The predicted octanol–water partition coefficient (Wildman–Crippen LogP) is 4.00. The fourth-order valence-electron chi connectivity index (χ4n) is 3.64. The van der Waals surface area contributed by atoms with Gasteiger partial charge in [-0.2, -0.15) is 5.26 Å². The first-order valence-electron chi connectivity index (χ1n) is 8.90. The Balaban J connectivity index is 1.48. The van der Waals surface area contributed by atoms with Crippen LogP contribution in [0.2, 0.25) is 0 Å². The summed E-state index contributed by atoms with van der Waals surface area (Å²) in [6, 6.07) is 18.5. The van der Waals surface area contributed by atoms with Crippen molar-refractivity contribution in [1.82, 2.24) is 14.9 Å². The van der Waals surface area contributed by atoms with Crippen molar-refractivity contribution < 1.29 is 0 Å². The van der Waals surface area contributed by atoms with Gasteiger partial charge in [-0.3, -0.25) is 14.9 Å². The number of benzene rings is 1. The van der Waals surface area contributed by atoms with Gasteiger partial charge in [-0.15, -0.1) is 0 Å². The third-order valence-electron chi connectivity index (χ3n) is 5.04. The zero-order valence-corrected chi connectivity index (χ0v) is 14.5. The van der Waals surface area contributed by atoms with Crippen LogP contribution in [-0.2, 0) is 6.54 Å². The minimum atomic E-state index is 0.507. The summed E-state index contributed by atoms with van der Waals surface area (Å²) in [5.74, 6) is 0.507. The highest BCUT2D eigenvalue weighted by Gasteiger charge is 2.24. The van der Waals surface area contributed by atoms with Gasteiger partial charge < -0.3 is 0 Å². The molecule has 1 aliphatic heterocycles. The van der Waals surface area contributed by atoms with Gasteiger partial charge in [0, 0.05) is 37.2 Å². The zero-order chi connectivity index (χ0) is 17.8. The zero-order valence-electron chi connectivity index (χ0n) is 14.5. The number of likely N-dealkylation sites (tertiary alicyclic amines) is 1. The lowest BCUT2D eigenvalue weighted by atomic mass is 9.97. The van der Waals surface area contributed by atoms with Crippen LogP contribution in [0.25, 0.3) is 11.3 Å². The van der Waals surface area contributed by atoms with Crippen molar-refractivity contribution >= 4 is 0 Å². The molecule has 0 spiro atoms. The fourth-order valence-corrected chi connectivity index (χ4v) is 3.64. The third kappa shape index (κ3) is 3.49. The molecule has 4 rings (SSSR count). The monoisotopic (exact) mass is 340 g/mol. The second kappa shape index (κ2) is 7.47. The molecule has 0 unspecified atom stereocenters. The average Bonchev–Trinajstić information content (AvgIpc) is 3.18. The molecule has 26 heavy (non-hydrogen) atoms. The minimum Gasteiger partial charge on any atom is -0.298 e. The van der Waals surface area contributed by atoms with Crippen LogP contribution in [-0.4, -0.2) is 28.0 Å². The molecule has 3 heterocycles. The van der Waals surface area contributed by atoms with Gasteiger partial charge in [0.2, 0.25) is 0 Å². The van der Waals surface area contributed by atoms with Crippen molar-refractivity contribution in [3.05, 3.63) is 83.8 Å². The lowest BCUT2D eigenvalue weighted by Gasteiger charge is -2.17. The second-order valence-corrected chi connectivity index (χ2v) is 6.70. The van der Waals surface area contributed by atoms with Crippen LogP contribution in [0.4, 0.5) is 0 Å².